The molecule has 23 heavy (non-hydrogen) atoms. The highest BCUT2D eigenvalue weighted by Gasteiger charge is 2.34. The number of rotatable bonds is 4. The second-order valence-corrected chi connectivity index (χ2v) is 7.93. The van der Waals surface area contributed by atoms with Crippen LogP contribution in [0.1, 0.15) is 12.8 Å². The molecule has 1 amide bonds. The molecule has 0 spiro atoms. The highest BCUT2D eigenvalue weighted by Crippen LogP contribution is 2.35. The minimum absolute atomic E-state index is 0.398. The second kappa shape index (κ2) is 6.59. The summed E-state index contributed by atoms with van der Waals surface area (Å²) in [6.45, 7) is 3.98. The van der Waals surface area contributed by atoms with Crippen LogP contribution in [0.4, 0.5) is 10.6 Å². The van der Waals surface area contributed by atoms with E-state index in [4.69, 9.17) is 4.74 Å². The average Bonchev–Trinajstić information content (AvgIpc) is 3.25. The van der Waals surface area contributed by atoms with Gasteiger partial charge in [-0.15, -0.1) is 22.7 Å². The van der Waals surface area contributed by atoms with Crippen LogP contribution < -0.4 is 5.32 Å². The van der Waals surface area contributed by atoms with Crippen LogP contribution in [0.25, 0.3) is 9.75 Å². The summed E-state index contributed by atoms with van der Waals surface area (Å²) in [5.74, 6) is 1.79. The number of aromatic nitrogens is 1. The van der Waals surface area contributed by atoms with Gasteiger partial charge in [-0.3, -0.25) is 5.32 Å². The van der Waals surface area contributed by atoms with Gasteiger partial charge in [-0.05, 0) is 43.3 Å². The molecule has 5 heterocycles. The number of ether oxygens (including phenoxy) is 1. The number of hydrogen-bond donors (Lipinski definition) is 1. The lowest BCUT2D eigenvalue weighted by molar-refractivity contribution is 0.0151. The molecule has 3 aliphatic rings. The molecule has 5 nitrogen and oxygen atoms in total. The van der Waals surface area contributed by atoms with E-state index in [0.717, 1.165) is 16.3 Å². The van der Waals surface area contributed by atoms with Crippen molar-refractivity contribution in [3.8, 4) is 9.75 Å². The number of hydrogen-bond acceptors (Lipinski definition) is 6. The lowest BCUT2D eigenvalue weighted by Gasteiger charge is -2.44. The fourth-order valence-electron chi connectivity index (χ4n) is 3.51. The van der Waals surface area contributed by atoms with E-state index < -0.39 is 6.09 Å². The van der Waals surface area contributed by atoms with Gasteiger partial charge in [0.25, 0.3) is 0 Å². The number of piperidine rings is 3. The van der Waals surface area contributed by atoms with E-state index in [1.54, 1.807) is 16.8 Å². The van der Waals surface area contributed by atoms with Crippen molar-refractivity contribution in [3.05, 3.63) is 23.0 Å². The summed E-state index contributed by atoms with van der Waals surface area (Å²) < 4.78 is 5.47. The van der Waals surface area contributed by atoms with Crippen molar-refractivity contribution in [2.45, 2.75) is 12.8 Å². The topological polar surface area (TPSA) is 54.5 Å². The first-order chi connectivity index (χ1) is 11.3. The highest BCUT2D eigenvalue weighted by molar-refractivity contribution is 7.20. The Balaban J connectivity index is 1.33. The van der Waals surface area contributed by atoms with E-state index in [1.165, 1.54) is 37.3 Å². The minimum atomic E-state index is -0.398. The maximum Gasteiger partial charge on any atom is 0.412 e. The number of carbonyl (C=O) groups excluding carboxylic acids is 1. The van der Waals surface area contributed by atoms with Crippen molar-refractivity contribution in [3.63, 3.8) is 0 Å². The minimum Gasteiger partial charge on any atom is -0.449 e. The van der Waals surface area contributed by atoms with E-state index in [-0.39, 0.29) is 0 Å². The molecular weight excluding hydrogens is 330 g/mol. The highest BCUT2D eigenvalue weighted by atomic mass is 32.1. The Labute approximate surface area is 143 Å². The number of carbonyl (C=O) groups is 1. The molecule has 3 fully saturated rings. The lowest BCUT2D eigenvalue weighted by Crippen LogP contribution is -2.49. The fourth-order valence-corrected chi connectivity index (χ4v) is 5.13. The Kier molecular flexibility index (Phi) is 4.33. The largest absolute Gasteiger partial charge is 0.449 e. The zero-order valence-electron chi connectivity index (χ0n) is 12.7. The Morgan fingerprint density at radius 3 is 2.96 bits per heavy atom. The predicted molar refractivity (Wildman–Crippen MR) is 93.1 cm³/mol. The number of anilines is 1. The first kappa shape index (κ1) is 15.1. The molecule has 1 N–H and O–H groups in total. The smallest absolute Gasteiger partial charge is 0.412 e. The van der Waals surface area contributed by atoms with Gasteiger partial charge in [0.15, 0.2) is 5.82 Å². The molecule has 3 aliphatic heterocycles. The van der Waals surface area contributed by atoms with E-state index in [1.807, 2.05) is 17.5 Å². The summed E-state index contributed by atoms with van der Waals surface area (Å²) in [5, 5.41) is 4.81. The van der Waals surface area contributed by atoms with Crippen LogP contribution in [0.2, 0.25) is 0 Å². The number of thiophene rings is 1. The van der Waals surface area contributed by atoms with Gasteiger partial charge < -0.3 is 9.64 Å². The van der Waals surface area contributed by atoms with Crippen molar-refractivity contribution in [2.24, 2.45) is 11.8 Å². The molecule has 0 saturated carbocycles. The van der Waals surface area contributed by atoms with Gasteiger partial charge in [0, 0.05) is 17.3 Å². The van der Waals surface area contributed by atoms with Gasteiger partial charge in [0.05, 0.1) is 17.0 Å². The Bertz CT molecular complexity index is 663. The molecule has 3 saturated heterocycles. The molecule has 2 bridgehead atoms. The summed E-state index contributed by atoms with van der Waals surface area (Å²) in [6.07, 6.45) is 2.08. The van der Waals surface area contributed by atoms with Gasteiger partial charge in [-0.25, -0.2) is 9.78 Å². The SMILES string of the molecule is O=C(Nc1ncsc1-c1cccs1)OCC1CN2CCC1CC2. The van der Waals surface area contributed by atoms with Crippen LogP contribution in [0.3, 0.4) is 0 Å². The molecule has 1 unspecified atom stereocenters. The van der Waals surface area contributed by atoms with Gasteiger partial charge >= 0.3 is 6.09 Å². The van der Waals surface area contributed by atoms with Gasteiger partial charge in [-0.1, -0.05) is 6.07 Å². The average molecular weight is 349 g/mol. The quantitative estimate of drug-likeness (QED) is 0.913. The molecular formula is C16H19N3O2S2. The number of nitrogens with one attached hydrogen (secondary N) is 1. The Hall–Kier alpha value is -1.44. The van der Waals surface area contributed by atoms with E-state index in [9.17, 15) is 4.79 Å². The summed E-state index contributed by atoms with van der Waals surface area (Å²) in [7, 11) is 0. The Morgan fingerprint density at radius 2 is 2.26 bits per heavy atom. The zero-order chi connectivity index (χ0) is 15.6. The third-order valence-electron chi connectivity index (χ3n) is 4.75. The van der Waals surface area contributed by atoms with Crippen LogP contribution in [0.15, 0.2) is 23.0 Å². The normalized spacial score (nSPS) is 26.2. The summed E-state index contributed by atoms with van der Waals surface area (Å²) >= 11 is 3.17. The van der Waals surface area contributed by atoms with Crippen molar-refractivity contribution < 1.29 is 9.53 Å². The third-order valence-corrected chi connectivity index (χ3v) is 6.63. The zero-order valence-corrected chi connectivity index (χ0v) is 14.4. The molecule has 2 aromatic rings. The standard InChI is InChI=1S/C16H19N3O2S2/c20-16(21-9-12-8-19-5-3-11(12)4-6-19)18-15-14(23-10-17-15)13-2-1-7-22-13/h1-2,7,10-12H,3-6,8-9H2,(H,18,20). The third kappa shape index (κ3) is 3.27. The monoisotopic (exact) mass is 349 g/mol. The fraction of sp³-hybridized carbons (Fsp3) is 0.500. The first-order valence-electron chi connectivity index (χ1n) is 7.93. The molecule has 1 atom stereocenters. The predicted octanol–water partition coefficient (Wildman–Crippen LogP) is 3.76. The maximum absolute atomic E-state index is 12.1. The van der Waals surface area contributed by atoms with Gasteiger partial charge in [0.1, 0.15) is 0 Å². The van der Waals surface area contributed by atoms with Crippen molar-refractivity contribution >= 4 is 34.6 Å². The number of nitrogens with zero attached hydrogens (tertiary/aromatic N) is 2. The van der Waals surface area contributed by atoms with Crippen molar-refractivity contribution in [1.29, 1.82) is 0 Å². The van der Waals surface area contributed by atoms with Gasteiger partial charge in [-0.2, -0.15) is 0 Å². The van der Waals surface area contributed by atoms with Gasteiger partial charge in [0.2, 0.25) is 0 Å². The number of thiazole rings is 1. The first-order valence-corrected chi connectivity index (χ1v) is 9.69. The molecule has 122 valence electrons. The van der Waals surface area contributed by atoms with Crippen molar-refractivity contribution in [2.75, 3.05) is 31.6 Å². The van der Waals surface area contributed by atoms with Crippen LogP contribution in [-0.2, 0) is 4.74 Å². The maximum atomic E-state index is 12.1. The molecule has 0 radical (unpaired) electrons. The Morgan fingerprint density at radius 1 is 1.39 bits per heavy atom. The number of amides is 1. The molecule has 5 rings (SSSR count). The summed E-state index contributed by atoms with van der Waals surface area (Å²) in [5.41, 5.74) is 1.75. The van der Waals surface area contributed by atoms with Crippen LogP contribution >= 0.6 is 22.7 Å². The lowest BCUT2D eigenvalue weighted by atomic mass is 9.79. The molecule has 2 aromatic heterocycles. The number of fused-ring (bicyclic) bond motifs is 3. The molecule has 0 aromatic carbocycles. The van der Waals surface area contributed by atoms with E-state index in [2.05, 4.69) is 15.2 Å². The van der Waals surface area contributed by atoms with Crippen LogP contribution in [-0.4, -0.2) is 42.2 Å². The molecule has 7 heteroatoms. The second-order valence-electron chi connectivity index (χ2n) is 6.13. The van der Waals surface area contributed by atoms with Crippen molar-refractivity contribution in [1.82, 2.24) is 9.88 Å². The van der Waals surface area contributed by atoms with E-state index in [0.29, 0.717) is 24.3 Å². The summed E-state index contributed by atoms with van der Waals surface area (Å²) in [6, 6.07) is 4.02. The van der Waals surface area contributed by atoms with Crippen LogP contribution in [0.5, 0.6) is 0 Å². The summed E-state index contributed by atoms with van der Waals surface area (Å²) in [4.78, 5) is 20.9. The van der Waals surface area contributed by atoms with E-state index >= 15 is 0 Å². The molecule has 0 aliphatic carbocycles. The van der Waals surface area contributed by atoms with Crippen LogP contribution in [0, 0.1) is 11.8 Å².